The van der Waals surface area contributed by atoms with Crippen molar-refractivity contribution >= 4 is 17.9 Å². The van der Waals surface area contributed by atoms with Crippen LogP contribution in [0.2, 0.25) is 0 Å². The molecule has 0 aliphatic heterocycles. The first-order chi connectivity index (χ1) is 10.6. The van der Waals surface area contributed by atoms with E-state index in [0.717, 1.165) is 6.20 Å². The molecular formula is C12H13N7O3. The SMILES string of the molecule is NC(N)=NN=Cc1ccccc1OCn1cc([N+](=O)[O-])cn1. The maximum absolute atomic E-state index is 10.6. The summed E-state index contributed by atoms with van der Waals surface area (Å²) in [5.41, 5.74) is 10.9. The third kappa shape index (κ3) is 4.03. The fourth-order valence-corrected chi connectivity index (χ4v) is 1.53. The average molecular weight is 303 g/mol. The van der Waals surface area contributed by atoms with Gasteiger partial charge in [-0.15, -0.1) is 5.10 Å². The second kappa shape index (κ2) is 6.83. The van der Waals surface area contributed by atoms with Crippen molar-refractivity contribution < 1.29 is 9.66 Å². The van der Waals surface area contributed by atoms with Crippen LogP contribution in [0.1, 0.15) is 5.56 Å². The molecule has 2 aromatic rings. The van der Waals surface area contributed by atoms with Crippen molar-refractivity contribution in [3.05, 3.63) is 52.3 Å². The molecule has 1 aromatic heterocycles. The standard InChI is InChI=1S/C12H13N7O3/c13-12(14)17-15-5-9-3-1-2-4-11(9)22-8-18-7-10(6-16-18)19(20)21/h1-7H,8H2,(H4,13,14,17). The lowest BCUT2D eigenvalue weighted by Crippen LogP contribution is -2.21. The highest BCUT2D eigenvalue weighted by molar-refractivity contribution is 5.84. The Hall–Kier alpha value is -3.43. The van der Waals surface area contributed by atoms with Crippen LogP contribution in [0, 0.1) is 10.1 Å². The lowest BCUT2D eigenvalue weighted by Gasteiger charge is -2.08. The van der Waals surface area contributed by atoms with E-state index in [9.17, 15) is 10.1 Å². The second-order valence-corrected chi connectivity index (χ2v) is 4.08. The van der Waals surface area contributed by atoms with E-state index in [2.05, 4.69) is 15.3 Å². The molecule has 0 unspecified atom stereocenters. The molecule has 0 amide bonds. The molecule has 0 bridgehead atoms. The highest BCUT2D eigenvalue weighted by atomic mass is 16.6. The molecule has 1 heterocycles. The van der Waals surface area contributed by atoms with E-state index in [0.29, 0.717) is 11.3 Å². The summed E-state index contributed by atoms with van der Waals surface area (Å²) in [5.74, 6) is 0.355. The normalized spacial score (nSPS) is 10.5. The lowest BCUT2D eigenvalue weighted by atomic mass is 10.2. The summed E-state index contributed by atoms with van der Waals surface area (Å²) in [6, 6.07) is 7.04. The zero-order chi connectivity index (χ0) is 15.9. The third-order valence-corrected chi connectivity index (χ3v) is 2.47. The largest absolute Gasteiger partial charge is 0.471 e. The number of benzene rings is 1. The van der Waals surface area contributed by atoms with E-state index in [-0.39, 0.29) is 18.4 Å². The van der Waals surface area contributed by atoms with Crippen LogP contribution in [-0.2, 0) is 6.73 Å². The Labute approximate surface area is 124 Å². The topological polar surface area (TPSA) is 147 Å². The fourth-order valence-electron chi connectivity index (χ4n) is 1.53. The molecule has 10 heteroatoms. The molecule has 1 aromatic carbocycles. The first-order valence-corrected chi connectivity index (χ1v) is 6.07. The van der Waals surface area contributed by atoms with Crippen LogP contribution in [-0.4, -0.2) is 26.9 Å². The van der Waals surface area contributed by atoms with E-state index in [1.54, 1.807) is 24.3 Å². The van der Waals surface area contributed by atoms with Gasteiger partial charge in [0.25, 0.3) is 0 Å². The van der Waals surface area contributed by atoms with Crippen molar-refractivity contribution in [1.82, 2.24) is 9.78 Å². The monoisotopic (exact) mass is 303 g/mol. The van der Waals surface area contributed by atoms with E-state index < -0.39 is 4.92 Å². The van der Waals surface area contributed by atoms with Gasteiger partial charge in [-0.05, 0) is 12.1 Å². The molecule has 10 nitrogen and oxygen atoms in total. The van der Waals surface area contributed by atoms with Gasteiger partial charge < -0.3 is 16.2 Å². The Morgan fingerprint density at radius 3 is 2.91 bits per heavy atom. The minimum absolute atomic E-state index is 0.0149. The quantitative estimate of drug-likeness (QED) is 0.342. The number of ether oxygens (including phenoxy) is 1. The minimum atomic E-state index is -0.528. The van der Waals surface area contributed by atoms with E-state index in [4.69, 9.17) is 16.2 Å². The van der Waals surface area contributed by atoms with Crippen molar-refractivity contribution in [3.63, 3.8) is 0 Å². The van der Waals surface area contributed by atoms with Crippen LogP contribution in [0.5, 0.6) is 5.75 Å². The van der Waals surface area contributed by atoms with E-state index in [1.807, 2.05) is 0 Å². The summed E-state index contributed by atoms with van der Waals surface area (Å²) in [6.07, 6.45) is 3.85. The van der Waals surface area contributed by atoms with Crippen molar-refractivity contribution in [1.29, 1.82) is 0 Å². The number of nitro groups is 1. The van der Waals surface area contributed by atoms with Crippen LogP contribution in [0.3, 0.4) is 0 Å². The maximum atomic E-state index is 10.6. The van der Waals surface area contributed by atoms with Gasteiger partial charge in [-0.3, -0.25) is 10.1 Å². The molecular weight excluding hydrogens is 290 g/mol. The average Bonchev–Trinajstić information content (AvgIpc) is 2.95. The van der Waals surface area contributed by atoms with Crippen LogP contribution in [0.4, 0.5) is 5.69 Å². The highest BCUT2D eigenvalue weighted by Gasteiger charge is 2.09. The summed E-state index contributed by atoms with van der Waals surface area (Å²) in [7, 11) is 0. The number of para-hydroxylation sites is 1. The molecule has 114 valence electrons. The van der Waals surface area contributed by atoms with Gasteiger partial charge in [0.2, 0.25) is 5.96 Å². The molecule has 4 N–H and O–H groups in total. The van der Waals surface area contributed by atoms with Gasteiger partial charge in [0.1, 0.15) is 18.1 Å². The molecule has 0 aliphatic rings. The van der Waals surface area contributed by atoms with Gasteiger partial charge in [-0.2, -0.15) is 10.2 Å². The summed E-state index contributed by atoms with van der Waals surface area (Å²) < 4.78 is 6.86. The Kier molecular flexibility index (Phi) is 4.65. The number of hydrogen-bond donors (Lipinski definition) is 2. The van der Waals surface area contributed by atoms with Crippen molar-refractivity contribution in [3.8, 4) is 5.75 Å². The van der Waals surface area contributed by atoms with Gasteiger partial charge in [0, 0.05) is 5.56 Å². The molecule has 0 saturated carbocycles. The van der Waals surface area contributed by atoms with E-state index >= 15 is 0 Å². The Morgan fingerprint density at radius 2 is 2.23 bits per heavy atom. The summed E-state index contributed by atoms with van der Waals surface area (Å²) in [5, 5.41) is 21.6. The van der Waals surface area contributed by atoms with E-state index in [1.165, 1.54) is 17.1 Å². The Balaban J connectivity index is 2.07. The van der Waals surface area contributed by atoms with Crippen molar-refractivity contribution in [2.45, 2.75) is 6.73 Å². The number of nitrogens with two attached hydrogens (primary N) is 2. The number of hydrogen-bond acceptors (Lipinski definition) is 6. The zero-order valence-corrected chi connectivity index (χ0v) is 11.4. The highest BCUT2D eigenvalue weighted by Crippen LogP contribution is 2.17. The van der Waals surface area contributed by atoms with Gasteiger partial charge in [0.05, 0.1) is 11.1 Å². The number of rotatable bonds is 6. The first-order valence-electron chi connectivity index (χ1n) is 6.07. The predicted molar refractivity (Wildman–Crippen MR) is 79.4 cm³/mol. The second-order valence-electron chi connectivity index (χ2n) is 4.08. The maximum Gasteiger partial charge on any atom is 0.307 e. The van der Waals surface area contributed by atoms with Gasteiger partial charge in [-0.25, -0.2) is 4.68 Å². The summed E-state index contributed by atoms with van der Waals surface area (Å²) in [6.45, 7) is 0.0149. The molecule has 0 radical (unpaired) electrons. The number of guanidine groups is 1. The minimum Gasteiger partial charge on any atom is -0.471 e. The van der Waals surface area contributed by atoms with Crippen molar-refractivity contribution in [2.24, 2.45) is 21.7 Å². The molecule has 0 atom stereocenters. The lowest BCUT2D eigenvalue weighted by molar-refractivity contribution is -0.385. The molecule has 0 saturated heterocycles. The predicted octanol–water partition coefficient (Wildman–Crippen LogP) is 0.435. The molecule has 0 spiro atoms. The van der Waals surface area contributed by atoms with Crippen molar-refractivity contribution in [2.75, 3.05) is 0 Å². The van der Waals surface area contributed by atoms with Gasteiger partial charge in [0.15, 0.2) is 6.73 Å². The molecule has 0 fully saturated rings. The number of aromatic nitrogens is 2. The molecule has 0 aliphatic carbocycles. The third-order valence-electron chi connectivity index (χ3n) is 2.47. The van der Waals surface area contributed by atoms with Crippen LogP contribution in [0.15, 0.2) is 46.9 Å². The Bertz CT molecular complexity index is 719. The molecule has 2 rings (SSSR count). The van der Waals surface area contributed by atoms with Crippen LogP contribution >= 0.6 is 0 Å². The Morgan fingerprint density at radius 1 is 1.45 bits per heavy atom. The summed E-state index contributed by atoms with van der Waals surface area (Å²) in [4.78, 5) is 10.0. The molecule has 22 heavy (non-hydrogen) atoms. The first kappa shape index (κ1) is 15.0. The van der Waals surface area contributed by atoms with Gasteiger partial charge >= 0.3 is 5.69 Å². The number of nitrogens with zero attached hydrogens (tertiary/aromatic N) is 5. The van der Waals surface area contributed by atoms with Crippen LogP contribution < -0.4 is 16.2 Å². The van der Waals surface area contributed by atoms with Crippen LogP contribution in [0.25, 0.3) is 0 Å². The summed E-state index contributed by atoms with van der Waals surface area (Å²) >= 11 is 0. The fraction of sp³-hybridized carbons (Fsp3) is 0.0833. The van der Waals surface area contributed by atoms with Gasteiger partial charge in [-0.1, -0.05) is 12.1 Å². The smallest absolute Gasteiger partial charge is 0.307 e. The zero-order valence-electron chi connectivity index (χ0n) is 11.4.